The molecule has 0 atom stereocenters. The molecule has 0 fully saturated rings. The van der Waals surface area contributed by atoms with Crippen molar-refractivity contribution >= 4 is 5.91 Å². The van der Waals surface area contributed by atoms with Crippen LogP contribution in [0.3, 0.4) is 0 Å². The van der Waals surface area contributed by atoms with Gasteiger partial charge in [0.15, 0.2) is 0 Å². The van der Waals surface area contributed by atoms with Gasteiger partial charge in [0.25, 0.3) is 5.91 Å². The number of nitrogens with one attached hydrogen (secondary N) is 2. The van der Waals surface area contributed by atoms with Gasteiger partial charge in [0.2, 0.25) is 0 Å². The van der Waals surface area contributed by atoms with Gasteiger partial charge in [-0.2, -0.15) is 5.10 Å². The number of aromatic nitrogens is 2. The van der Waals surface area contributed by atoms with E-state index < -0.39 is 0 Å². The van der Waals surface area contributed by atoms with Gasteiger partial charge in [0.05, 0.1) is 5.69 Å². The third-order valence-corrected chi connectivity index (χ3v) is 3.43. The maximum Gasteiger partial charge on any atom is 0.269 e. The summed E-state index contributed by atoms with van der Waals surface area (Å²) in [4.78, 5) is 12.1. The Morgan fingerprint density at radius 2 is 2.11 bits per heavy atom. The highest BCUT2D eigenvalue weighted by Gasteiger charge is 2.24. The molecule has 0 saturated heterocycles. The molecule has 98 valence electrons. The van der Waals surface area contributed by atoms with E-state index in [-0.39, 0.29) is 11.9 Å². The first-order valence-electron chi connectivity index (χ1n) is 6.63. The highest BCUT2D eigenvalue weighted by atomic mass is 16.2. The molecule has 3 rings (SSSR count). The van der Waals surface area contributed by atoms with Gasteiger partial charge in [-0.15, -0.1) is 0 Å². The number of carbonyl (C=O) groups is 1. The molecule has 1 amide bonds. The molecule has 2 N–H and O–H groups in total. The van der Waals surface area contributed by atoms with E-state index in [0.29, 0.717) is 5.69 Å². The van der Waals surface area contributed by atoms with Crippen LogP contribution in [0.4, 0.5) is 0 Å². The van der Waals surface area contributed by atoms with E-state index in [2.05, 4.69) is 27.6 Å². The van der Waals surface area contributed by atoms with Crippen molar-refractivity contribution in [2.45, 2.75) is 32.7 Å². The summed E-state index contributed by atoms with van der Waals surface area (Å²) < 4.78 is 0. The summed E-state index contributed by atoms with van der Waals surface area (Å²) in [6, 6.07) is 8.38. The lowest BCUT2D eigenvalue weighted by Gasteiger charge is -2.16. The topological polar surface area (TPSA) is 57.8 Å². The number of amides is 1. The van der Waals surface area contributed by atoms with Gasteiger partial charge in [0.1, 0.15) is 5.69 Å². The summed E-state index contributed by atoms with van der Waals surface area (Å²) in [7, 11) is 0. The Hall–Kier alpha value is -2.10. The molecule has 1 aromatic carbocycles. The molecule has 0 radical (unpaired) electrons. The van der Waals surface area contributed by atoms with Gasteiger partial charge in [-0.1, -0.05) is 24.3 Å². The Morgan fingerprint density at radius 3 is 2.89 bits per heavy atom. The average molecular weight is 255 g/mol. The molecular formula is C15H17N3O. The second kappa shape index (κ2) is 4.53. The summed E-state index contributed by atoms with van der Waals surface area (Å²) in [5.74, 6) is -0.0665. The van der Waals surface area contributed by atoms with Crippen LogP contribution in [0, 0.1) is 0 Å². The van der Waals surface area contributed by atoms with Crippen molar-refractivity contribution in [2.75, 3.05) is 0 Å². The molecule has 1 aliphatic rings. The zero-order valence-electron chi connectivity index (χ0n) is 11.2. The summed E-state index contributed by atoms with van der Waals surface area (Å²) in [5, 5.41) is 10.1. The number of hydrogen-bond donors (Lipinski definition) is 2. The molecule has 0 saturated carbocycles. The fraction of sp³-hybridized carbons (Fsp3) is 0.333. The highest BCUT2D eigenvalue weighted by molar-refractivity contribution is 5.96. The number of fused-ring (bicyclic) bond motifs is 3. The number of rotatable bonds is 2. The fourth-order valence-corrected chi connectivity index (χ4v) is 2.58. The first kappa shape index (κ1) is 12.0. The third-order valence-electron chi connectivity index (χ3n) is 3.43. The molecule has 2 aromatic rings. The zero-order valence-corrected chi connectivity index (χ0v) is 11.2. The van der Waals surface area contributed by atoms with Crippen molar-refractivity contribution in [3.8, 4) is 11.3 Å². The van der Waals surface area contributed by atoms with Crippen LogP contribution in [0.2, 0.25) is 0 Å². The number of nitrogens with zero attached hydrogens (tertiary/aromatic N) is 1. The van der Waals surface area contributed by atoms with E-state index in [0.717, 1.165) is 29.7 Å². The quantitative estimate of drug-likeness (QED) is 0.865. The normalized spacial score (nSPS) is 13.0. The fourth-order valence-electron chi connectivity index (χ4n) is 2.58. The van der Waals surface area contributed by atoms with Gasteiger partial charge in [0, 0.05) is 17.2 Å². The van der Waals surface area contributed by atoms with Crippen molar-refractivity contribution < 1.29 is 4.79 Å². The summed E-state index contributed by atoms with van der Waals surface area (Å²) in [5.41, 5.74) is 5.02. The Balaban J connectivity index is 2.02. The van der Waals surface area contributed by atoms with Crippen LogP contribution in [0.25, 0.3) is 11.3 Å². The molecule has 1 heterocycles. The van der Waals surface area contributed by atoms with Crippen LogP contribution in [0.5, 0.6) is 0 Å². The molecule has 1 aliphatic carbocycles. The van der Waals surface area contributed by atoms with Crippen LogP contribution in [-0.2, 0) is 12.8 Å². The van der Waals surface area contributed by atoms with E-state index >= 15 is 0 Å². The number of aromatic amines is 1. The second-order valence-electron chi connectivity index (χ2n) is 5.21. The van der Waals surface area contributed by atoms with Gasteiger partial charge in [-0.25, -0.2) is 0 Å². The molecule has 4 nitrogen and oxygen atoms in total. The molecule has 19 heavy (non-hydrogen) atoms. The Morgan fingerprint density at radius 1 is 1.32 bits per heavy atom. The predicted molar refractivity (Wildman–Crippen MR) is 74.0 cm³/mol. The number of hydrogen-bond acceptors (Lipinski definition) is 2. The van der Waals surface area contributed by atoms with E-state index in [1.807, 2.05) is 26.0 Å². The number of carbonyl (C=O) groups excluding carboxylic acids is 1. The lowest BCUT2D eigenvalue weighted by molar-refractivity contribution is 0.0937. The number of aryl methyl sites for hydroxylation is 1. The minimum atomic E-state index is -0.0665. The van der Waals surface area contributed by atoms with E-state index in [9.17, 15) is 4.79 Å². The SMILES string of the molecule is CC(C)NC(=O)c1[nH]nc2c1CCc1ccccc1-2. The average Bonchev–Trinajstić information content (AvgIpc) is 2.82. The standard InChI is InChI=1S/C15H17N3O/c1-9(2)16-15(19)14-12-8-7-10-5-3-4-6-11(10)13(12)17-18-14/h3-6,9H,7-8H2,1-2H3,(H,16,19)(H,17,18). The number of H-pyrrole nitrogens is 1. The Labute approximate surface area is 112 Å². The molecule has 0 unspecified atom stereocenters. The summed E-state index contributed by atoms with van der Waals surface area (Å²) in [6.07, 6.45) is 1.83. The highest BCUT2D eigenvalue weighted by Crippen LogP contribution is 2.33. The summed E-state index contributed by atoms with van der Waals surface area (Å²) in [6.45, 7) is 3.91. The lowest BCUT2D eigenvalue weighted by atomic mass is 9.89. The predicted octanol–water partition coefficient (Wildman–Crippen LogP) is 2.31. The van der Waals surface area contributed by atoms with Crippen LogP contribution in [-0.4, -0.2) is 22.1 Å². The Bertz CT molecular complexity index is 628. The molecule has 1 aromatic heterocycles. The van der Waals surface area contributed by atoms with E-state index in [4.69, 9.17) is 0 Å². The van der Waals surface area contributed by atoms with Crippen molar-refractivity contribution in [1.29, 1.82) is 0 Å². The van der Waals surface area contributed by atoms with Crippen LogP contribution < -0.4 is 5.32 Å². The molecule has 0 bridgehead atoms. The van der Waals surface area contributed by atoms with Crippen molar-refractivity contribution in [2.24, 2.45) is 0 Å². The minimum absolute atomic E-state index is 0.0665. The Kier molecular flexibility index (Phi) is 2.85. The minimum Gasteiger partial charge on any atom is -0.349 e. The first-order valence-corrected chi connectivity index (χ1v) is 6.63. The maximum atomic E-state index is 12.1. The largest absolute Gasteiger partial charge is 0.349 e. The lowest BCUT2D eigenvalue weighted by Crippen LogP contribution is -2.31. The molecule has 0 aliphatic heterocycles. The molecule has 0 spiro atoms. The number of benzene rings is 1. The van der Waals surface area contributed by atoms with Crippen molar-refractivity contribution in [3.63, 3.8) is 0 Å². The second-order valence-corrected chi connectivity index (χ2v) is 5.21. The third kappa shape index (κ3) is 2.03. The van der Waals surface area contributed by atoms with Crippen LogP contribution in [0.1, 0.15) is 35.5 Å². The van der Waals surface area contributed by atoms with Gasteiger partial charge < -0.3 is 5.32 Å². The van der Waals surface area contributed by atoms with Crippen LogP contribution >= 0.6 is 0 Å². The maximum absolute atomic E-state index is 12.1. The zero-order chi connectivity index (χ0) is 13.4. The van der Waals surface area contributed by atoms with E-state index in [1.54, 1.807) is 0 Å². The first-order chi connectivity index (χ1) is 9.16. The monoisotopic (exact) mass is 255 g/mol. The van der Waals surface area contributed by atoms with Crippen molar-refractivity contribution in [3.05, 3.63) is 41.1 Å². The van der Waals surface area contributed by atoms with Gasteiger partial charge in [-0.3, -0.25) is 9.89 Å². The van der Waals surface area contributed by atoms with Gasteiger partial charge >= 0.3 is 0 Å². The molecular weight excluding hydrogens is 238 g/mol. The van der Waals surface area contributed by atoms with Gasteiger partial charge in [-0.05, 0) is 32.3 Å². The van der Waals surface area contributed by atoms with E-state index in [1.165, 1.54) is 5.56 Å². The summed E-state index contributed by atoms with van der Waals surface area (Å²) >= 11 is 0. The van der Waals surface area contributed by atoms with Crippen molar-refractivity contribution in [1.82, 2.24) is 15.5 Å². The van der Waals surface area contributed by atoms with Crippen LogP contribution in [0.15, 0.2) is 24.3 Å². The molecule has 4 heteroatoms. The smallest absolute Gasteiger partial charge is 0.269 e.